The van der Waals surface area contributed by atoms with Crippen molar-refractivity contribution in [3.05, 3.63) is 35.3 Å². The number of ether oxygens (including phenoxy) is 1. The van der Waals surface area contributed by atoms with E-state index in [0.717, 1.165) is 30.8 Å². The first-order valence-electron chi connectivity index (χ1n) is 10.1. The summed E-state index contributed by atoms with van der Waals surface area (Å²) in [6.45, 7) is 1.90. The van der Waals surface area contributed by atoms with Gasteiger partial charge >= 0.3 is 0 Å². The molecule has 9 heteroatoms. The van der Waals surface area contributed by atoms with E-state index < -0.39 is 6.04 Å². The number of hydrogen-bond acceptors (Lipinski definition) is 7. The third kappa shape index (κ3) is 5.70. The Balaban J connectivity index is 1.66. The standard InChI is InChI=1S/C21H29N5O3S/c1-25(2)12-10-22-19(27)18-9-4-5-11-26(18)20(28)17-14-30-21(24-17)23-15-7-6-8-16(13-15)29-3/h6-8,13-14,18H,4-5,9-12H2,1-3H3,(H,22,27)(H,23,24). The van der Waals surface area contributed by atoms with Crippen LogP contribution in [0.15, 0.2) is 29.6 Å². The maximum absolute atomic E-state index is 13.1. The maximum atomic E-state index is 13.1. The quantitative estimate of drug-likeness (QED) is 0.668. The highest BCUT2D eigenvalue weighted by atomic mass is 32.1. The van der Waals surface area contributed by atoms with Crippen molar-refractivity contribution in [2.24, 2.45) is 0 Å². The summed E-state index contributed by atoms with van der Waals surface area (Å²) in [5, 5.41) is 8.51. The SMILES string of the molecule is COc1cccc(Nc2nc(C(=O)N3CCCCC3C(=O)NCCN(C)C)cs2)c1. The summed E-state index contributed by atoms with van der Waals surface area (Å²) in [7, 11) is 5.54. The summed E-state index contributed by atoms with van der Waals surface area (Å²) in [6.07, 6.45) is 2.51. The maximum Gasteiger partial charge on any atom is 0.274 e. The van der Waals surface area contributed by atoms with Gasteiger partial charge in [-0.3, -0.25) is 9.59 Å². The number of rotatable bonds is 8. The van der Waals surface area contributed by atoms with Gasteiger partial charge in [-0.1, -0.05) is 6.07 Å². The molecule has 0 spiro atoms. The Bertz CT molecular complexity index is 870. The third-order valence-electron chi connectivity index (χ3n) is 4.97. The van der Waals surface area contributed by atoms with Gasteiger partial charge in [0.15, 0.2) is 5.13 Å². The second-order valence-corrected chi connectivity index (χ2v) is 8.36. The van der Waals surface area contributed by atoms with Gasteiger partial charge in [0.1, 0.15) is 17.5 Å². The number of carbonyl (C=O) groups is 2. The molecule has 0 radical (unpaired) electrons. The number of aromatic nitrogens is 1. The van der Waals surface area contributed by atoms with Crippen molar-refractivity contribution < 1.29 is 14.3 Å². The van der Waals surface area contributed by atoms with Gasteiger partial charge in [0.2, 0.25) is 5.91 Å². The predicted molar refractivity (Wildman–Crippen MR) is 119 cm³/mol. The Labute approximate surface area is 181 Å². The number of amides is 2. The lowest BCUT2D eigenvalue weighted by Crippen LogP contribution is -2.52. The Kier molecular flexibility index (Phi) is 7.64. The lowest BCUT2D eigenvalue weighted by molar-refractivity contribution is -0.126. The van der Waals surface area contributed by atoms with Crippen molar-refractivity contribution in [2.45, 2.75) is 25.3 Å². The molecule has 2 N–H and O–H groups in total. The minimum atomic E-state index is -0.440. The Morgan fingerprint density at radius 3 is 2.93 bits per heavy atom. The first-order chi connectivity index (χ1) is 14.5. The first kappa shape index (κ1) is 22.0. The summed E-state index contributed by atoms with van der Waals surface area (Å²) < 4.78 is 5.23. The van der Waals surface area contributed by atoms with Gasteiger partial charge < -0.3 is 25.2 Å². The van der Waals surface area contributed by atoms with Gasteiger partial charge in [-0.05, 0) is 45.5 Å². The third-order valence-corrected chi connectivity index (χ3v) is 5.73. The fraction of sp³-hybridized carbons (Fsp3) is 0.476. The summed E-state index contributed by atoms with van der Waals surface area (Å²) in [5.74, 6) is 0.455. The summed E-state index contributed by atoms with van der Waals surface area (Å²) >= 11 is 1.36. The molecule has 1 aromatic heterocycles. The van der Waals surface area contributed by atoms with Crippen LogP contribution in [0.4, 0.5) is 10.8 Å². The molecule has 8 nitrogen and oxygen atoms in total. The van der Waals surface area contributed by atoms with E-state index >= 15 is 0 Å². The van der Waals surface area contributed by atoms with Crippen molar-refractivity contribution >= 4 is 34.0 Å². The molecule has 1 aliphatic rings. The molecule has 1 aromatic carbocycles. The summed E-state index contributed by atoms with van der Waals surface area (Å²) in [4.78, 5) is 33.9. The van der Waals surface area contributed by atoms with E-state index in [9.17, 15) is 9.59 Å². The van der Waals surface area contributed by atoms with E-state index in [0.29, 0.717) is 30.3 Å². The van der Waals surface area contributed by atoms with Crippen LogP contribution in [0.2, 0.25) is 0 Å². The number of likely N-dealkylation sites (N-methyl/N-ethyl adjacent to an activating group) is 1. The first-order valence-corrected chi connectivity index (χ1v) is 11.0. The van der Waals surface area contributed by atoms with Crippen LogP contribution in [0.5, 0.6) is 5.75 Å². The zero-order valence-electron chi connectivity index (χ0n) is 17.7. The minimum absolute atomic E-state index is 0.0881. The molecule has 162 valence electrons. The van der Waals surface area contributed by atoms with Crippen molar-refractivity contribution in [1.82, 2.24) is 20.1 Å². The second kappa shape index (κ2) is 10.4. The van der Waals surface area contributed by atoms with E-state index in [2.05, 4.69) is 15.6 Å². The number of hydrogen-bond donors (Lipinski definition) is 2. The average Bonchev–Trinajstić information content (AvgIpc) is 3.21. The molecule has 3 rings (SSSR count). The molecule has 1 fully saturated rings. The van der Waals surface area contributed by atoms with Crippen LogP contribution >= 0.6 is 11.3 Å². The highest BCUT2D eigenvalue weighted by Gasteiger charge is 2.33. The number of anilines is 2. The predicted octanol–water partition coefficient (Wildman–Crippen LogP) is 2.57. The van der Waals surface area contributed by atoms with Crippen LogP contribution in [0, 0.1) is 0 Å². The van der Waals surface area contributed by atoms with Crippen LogP contribution in [0.3, 0.4) is 0 Å². The molecule has 1 unspecified atom stereocenters. The van der Waals surface area contributed by atoms with Crippen LogP contribution in [0.25, 0.3) is 0 Å². The zero-order chi connectivity index (χ0) is 21.5. The smallest absolute Gasteiger partial charge is 0.274 e. The Hall–Kier alpha value is -2.65. The van der Waals surface area contributed by atoms with Gasteiger partial charge in [0.05, 0.1) is 7.11 Å². The fourth-order valence-corrected chi connectivity index (χ4v) is 4.07. The van der Waals surface area contributed by atoms with E-state index in [1.807, 2.05) is 43.3 Å². The minimum Gasteiger partial charge on any atom is -0.497 e. The monoisotopic (exact) mass is 431 g/mol. The molecule has 1 aliphatic heterocycles. The molecule has 1 atom stereocenters. The largest absolute Gasteiger partial charge is 0.497 e. The van der Waals surface area contributed by atoms with Crippen LogP contribution in [0.1, 0.15) is 29.8 Å². The molecular formula is C21H29N5O3S. The van der Waals surface area contributed by atoms with Crippen LogP contribution < -0.4 is 15.4 Å². The number of benzene rings is 1. The van der Waals surface area contributed by atoms with Gasteiger partial charge in [-0.15, -0.1) is 11.3 Å². The fourth-order valence-electron chi connectivity index (χ4n) is 3.37. The van der Waals surface area contributed by atoms with Crippen molar-refractivity contribution in [3.8, 4) is 5.75 Å². The molecule has 0 aliphatic carbocycles. The van der Waals surface area contributed by atoms with Gasteiger partial charge in [0, 0.05) is 36.8 Å². The zero-order valence-corrected chi connectivity index (χ0v) is 18.5. The highest BCUT2D eigenvalue weighted by Crippen LogP contribution is 2.26. The number of methoxy groups -OCH3 is 1. The number of nitrogens with zero attached hydrogens (tertiary/aromatic N) is 3. The molecule has 0 bridgehead atoms. The van der Waals surface area contributed by atoms with Crippen molar-refractivity contribution in [1.29, 1.82) is 0 Å². The molecule has 2 amide bonds. The van der Waals surface area contributed by atoms with Crippen LogP contribution in [-0.4, -0.2) is 73.5 Å². The Morgan fingerprint density at radius 2 is 2.17 bits per heavy atom. The second-order valence-electron chi connectivity index (χ2n) is 7.50. The van der Waals surface area contributed by atoms with Gasteiger partial charge in [0.25, 0.3) is 5.91 Å². The van der Waals surface area contributed by atoms with Gasteiger partial charge in [-0.2, -0.15) is 0 Å². The number of nitrogens with one attached hydrogen (secondary N) is 2. The normalized spacial score (nSPS) is 16.4. The highest BCUT2D eigenvalue weighted by molar-refractivity contribution is 7.14. The molecular weight excluding hydrogens is 402 g/mol. The molecule has 1 saturated heterocycles. The lowest BCUT2D eigenvalue weighted by atomic mass is 10.0. The average molecular weight is 432 g/mol. The molecule has 0 saturated carbocycles. The topological polar surface area (TPSA) is 86.8 Å². The van der Waals surface area contributed by atoms with Crippen molar-refractivity contribution in [2.75, 3.05) is 46.2 Å². The van der Waals surface area contributed by atoms with Crippen LogP contribution in [-0.2, 0) is 4.79 Å². The number of likely N-dealkylation sites (tertiary alicyclic amines) is 1. The van der Waals surface area contributed by atoms with E-state index in [4.69, 9.17) is 4.74 Å². The molecule has 30 heavy (non-hydrogen) atoms. The summed E-state index contributed by atoms with van der Waals surface area (Å²) in [5.41, 5.74) is 1.19. The van der Waals surface area contributed by atoms with E-state index in [1.54, 1.807) is 17.4 Å². The Morgan fingerprint density at radius 1 is 1.33 bits per heavy atom. The summed E-state index contributed by atoms with van der Waals surface area (Å²) in [6, 6.07) is 7.08. The van der Waals surface area contributed by atoms with E-state index in [-0.39, 0.29) is 11.8 Å². The van der Waals surface area contributed by atoms with Crippen molar-refractivity contribution in [3.63, 3.8) is 0 Å². The number of carbonyl (C=O) groups excluding carboxylic acids is 2. The van der Waals surface area contributed by atoms with E-state index in [1.165, 1.54) is 11.3 Å². The van der Waals surface area contributed by atoms with Gasteiger partial charge in [-0.25, -0.2) is 4.98 Å². The number of piperidine rings is 1. The lowest BCUT2D eigenvalue weighted by Gasteiger charge is -2.34. The number of thiazole rings is 1. The molecule has 2 aromatic rings. The molecule has 2 heterocycles.